The van der Waals surface area contributed by atoms with Gasteiger partial charge in [-0.05, 0) is 6.08 Å². The summed E-state index contributed by atoms with van der Waals surface area (Å²) < 4.78 is 28.6. The van der Waals surface area contributed by atoms with Crippen molar-refractivity contribution in [3.63, 3.8) is 0 Å². The van der Waals surface area contributed by atoms with Crippen molar-refractivity contribution < 1.29 is 13.6 Å². The highest BCUT2D eigenvalue weighted by molar-refractivity contribution is 5.90. The largest absolute Gasteiger partial charge is 0.364 e. The van der Waals surface area contributed by atoms with Crippen molar-refractivity contribution >= 4 is 5.91 Å². The van der Waals surface area contributed by atoms with Crippen LogP contribution in [0.4, 0.5) is 8.78 Å². The number of halogens is 2. The quantitative estimate of drug-likeness (QED) is 0.852. The zero-order chi connectivity index (χ0) is 12.5. The molecule has 0 saturated carbocycles. The molecule has 0 aliphatic heterocycles. The third-order valence-corrected chi connectivity index (χ3v) is 2.45. The van der Waals surface area contributed by atoms with Crippen LogP contribution in [0.3, 0.4) is 0 Å². The van der Waals surface area contributed by atoms with Gasteiger partial charge in [0.2, 0.25) is 0 Å². The first-order chi connectivity index (χ1) is 8.01. The lowest BCUT2D eigenvalue weighted by molar-refractivity contribution is 0.0995. The van der Waals surface area contributed by atoms with E-state index < -0.39 is 17.4 Å². The lowest BCUT2D eigenvalue weighted by Gasteiger charge is -2.23. The Labute approximate surface area is 95.6 Å². The van der Waals surface area contributed by atoms with E-state index in [4.69, 9.17) is 5.73 Å². The van der Waals surface area contributed by atoms with Crippen LogP contribution in [0.5, 0.6) is 0 Å². The normalized spacial score (nSPS) is 23.5. The lowest BCUT2D eigenvalue weighted by Crippen LogP contribution is -2.31. The van der Waals surface area contributed by atoms with Gasteiger partial charge in [-0.1, -0.05) is 17.4 Å². The number of rotatable bonds is 3. The van der Waals surface area contributed by atoms with Crippen LogP contribution in [-0.4, -0.2) is 26.6 Å². The first-order valence-electron chi connectivity index (χ1n) is 4.93. The van der Waals surface area contributed by atoms with E-state index in [-0.39, 0.29) is 18.7 Å². The number of aromatic nitrogens is 3. The number of carbonyl (C=O) groups excluding carboxylic acids is 1. The second-order valence-corrected chi connectivity index (χ2v) is 3.78. The molecule has 0 fully saturated rings. The van der Waals surface area contributed by atoms with Gasteiger partial charge < -0.3 is 5.73 Å². The first kappa shape index (κ1) is 11.4. The number of carbonyl (C=O) groups is 1. The summed E-state index contributed by atoms with van der Waals surface area (Å²) >= 11 is 0. The lowest BCUT2D eigenvalue weighted by atomic mass is 9.96. The molecule has 1 heterocycles. The molecule has 0 saturated heterocycles. The summed E-state index contributed by atoms with van der Waals surface area (Å²) in [5, 5.41) is 6.97. The molecule has 5 nitrogen and oxygen atoms in total. The van der Waals surface area contributed by atoms with Crippen LogP contribution in [0.25, 0.3) is 0 Å². The van der Waals surface area contributed by atoms with Crippen LogP contribution in [-0.2, 0) is 6.54 Å². The predicted octanol–water partition coefficient (Wildman–Crippen LogP) is 0.899. The summed E-state index contributed by atoms with van der Waals surface area (Å²) in [6.45, 7) is -0.347. The molecule has 2 rings (SSSR count). The van der Waals surface area contributed by atoms with Gasteiger partial charge in [0.1, 0.15) is 5.83 Å². The van der Waals surface area contributed by atoms with Crippen LogP contribution >= 0.6 is 0 Å². The Morgan fingerprint density at radius 2 is 2.41 bits per heavy atom. The van der Waals surface area contributed by atoms with E-state index in [0.29, 0.717) is 0 Å². The number of allylic oxidation sites excluding steroid dienone is 4. The molecular weight excluding hydrogens is 230 g/mol. The molecule has 1 atom stereocenters. The summed E-state index contributed by atoms with van der Waals surface area (Å²) in [5.74, 6) is -1.63. The fraction of sp³-hybridized carbons (Fsp3) is 0.300. The Morgan fingerprint density at radius 1 is 1.65 bits per heavy atom. The van der Waals surface area contributed by atoms with Crippen molar-refractivity contribution in [1.29, 1.82) is 0 Å². The number of nitrogens with two attached hydrogens (primary N) is 1. The molecule has 0 bridgehead atoms. The third-order valence-electron chi connectivity index (χ3n) is 2.45. The van der Waals surface area contributed by atoms with E-state index >= 15 is 0 Å². The molecule has 7 heteroatoms. The minimum Gasteiger partial charge on any atom is -0.364 e. The number of nitrogens with zero attached hydrogens (tertiary/aromatic N) is 3. The highest BCUT2D eigenvalue weighted by atomic mass is 19.2. The topological polar surface area (TPSA) is 73.8 Å². The molecule has 1 aromatic heterocycles. The van der Waals surface area contributed by atoms with Gasteiger partial charge in [0.15, 0.2) is 11.4 Å². The number of amides is 1. The zero-order valence-corrected chi connectivity index (χ0v) is 8.81. The average Bonchev–Trinajstić information content (AvgIpc) is 2.71. The van der Waals surface area contributed by atoms with Crippen molar-refractivity contribution in [2.75, 3.05) is 0 Å². The first-order valence-corrected chi connectivity index (χ1v) is 4.93. The maximum atomic E-state index is 14.2. The van der Waals surface area contributed by atoms with Gasteiger partial charge in [-0.25, -0.2) is 13.5 Å². The van der Waals surface area contributed by atoms with E-state index in [1.807, 2.05) is 0 Å². The van der Waals surface area contributed by atoms with Crippen LogP contribution in [0.2, 0.25) is 0 Å². The molecule has 2 N–H and O–H groups in total. The molecule has 1 aliphatic rings. The SMILES string of the molecule is NC(=O)c1cn(CC2(F)CC=CC=C2F)nn1. The standard InChI is InChI=1S/C10H10F2N4O/c11-8-3-1-2-4-10(8,12)6-16-5-7(9(13)17)14-15-16/h1-3,5H,4,6H2,(H2,13,17). The van der Waals surface area contributed by atoms with Gasteiger partial charge in [-0.15, -0.1) is 5.10 Å². The number of hydrogen-bond donors (Lipinski definition) is 1. The fourth-order valence-corrected chi connectivity index (χ4v) is 1.54. The van der Waals surface area contributed by atoms with Crippen LogP contribution in [0, 0.1) is 0 Å². The predicted molar refractivity (Wildman–Crippen MR) is 55.3 cm³/mol. The van der Waals surface area contributed by atoms with E-state index in [1.165, 1.54) is 18.3 Å². The van der Waals surface area contributed by atoms with Gasteiger partial charge in [0, 0.05) is 6.42 Å². The highest BCUT2D eigenvalue weighted by Crippen LogP contribution is 2.32. The Bertz CT molecular complexity index is 508. The van der Waals surface area contributed by atoms with Gasteiger partial charge in [-0.3, -0.25) is 4.79 Å². The number of hydrogen-bond acceptors (Lipinski definition) is 3. The molecule has 90 valence electrons. The van der Waals surface area contributed by atoms with Gasteiger partial charge in [-0.2, -0.15) is 0 Å². The highest BCUT2D eigenvalue weighted by Gasteiger charge is 2.36. The minimum atomic E-state index is -2.14. The summed E-state index contributed by atoms with van der Waals surface area (Å²) in [6.07, 6.45) is 5.14. The molecular formula is C10H10F2N4O. The van der Waals surface area contributed by atoms with E-state index in [9.17, 15) is 13.6 Å². The fourth-order valence-electron chi connectivity index (χ4n) is 1.54. The summed E-state index contributed by atoms with van der Waals surface area (Å²) in [5.41, 5.74) is 2.75. The van der Waals surface area contributed by atoms with E-state index in [2.05, 4.69) is 10.3 Å². The Hall–Kier alpha value is -2.05. The monoisotopic (exact) mass is 240 g/mol. The molecule has 17 heavy (non-hydrogen) atoms. The zero-order valence-electron chi connectivity index (χ0n) is 8.81. The minimum absolute atomic E-state index is 0.0793. The Morgan fingerprint density at radius 3 is 3.00 bits per heavy atom. The summed E-state index contributed by atoms with van der Waals surface area (Å²) in [7, 11) is 0. The van der Waals surface area contributed by atoms with Crippen LogP contribution in [0.1, 0.15) is 16.9 Å². The molecule has 1 aromatic rings. The van der Waals surface area contributed by atoms with Gasteiger partial charge in [0.05, 0.1) is 12.7 Å². The van der Waals surface area contributed by atoms with Gasteiger partial charge >= 0.3 is 0 Å². The van der Waals surface area contributed by atoms with Crippen molar-refractivity contribution in [3.05, 3.63) is 35.9 Å². The molecule has 1 aliphatic carbocycles. The Kier molecular flexibility index (Phi) is 2.74. The average molecular weight is 240 g/mol. The van der Waals surface area contributed by atoms with Gasteiger partial charge in [0.25, 0.3) is 5.91 Å². The van der Waals surface area contributed by atoms with Crippen molar-refractivity contribution in [2.24, 2.45) is 5.73 Å². The molecule has 0 aromatic carbocycles. The molecule has 0 radical (unpaired) electrons. The smallest absolute Gasteiger partial charge is 0.270 e. The molecule has 1 amide bonds. The second kappa shape index (κ2) is 4.08. The van der Waals surface area contributed by atoms with Crippen molar-refractivity contribution in [1.82, 2.24) is 15.0 Å². The molecule has 0 spiro atoms. The summed E-state index contributed by atoms with van der Waals surface area (Å²) in [6, 6.07) is 0. The Balaban J connectivity index is 2.17. The van der Waals surface area contributed by atoms with Crippen LogP contribution < -0.4 is 5.73 Å². The maximum absolute atomic E-state index is 14.2. The van der Waals surface area contributed by atoms with Crippen molar-refractivity contribution in [3.8, 4) is 0 Å². The second-order valence-electron chi connectivity index (χ2n) is 3.78. The van der Waals surface area contributed by atoms with Crippen LogP contribution in [0.15, 0.2) is 30.3 Å². The van der Waals surface area contributed by atoms with E-state index in [1.54, 1.807) is 0 Å². The van der Waals surface area contributed by atoms with Crippen molar-refractivity contribution in [2.45, 2.75) is 18.6 Å². The molecule has 1 unspecified atom stereocenters. The maximum Gasteiger partial charge on any atom is 0.270 e. The number of primary amides is 1. The third kappa shape index (κ3) is 2.22. The van der Waals surface area contributed by atoms with E-state index in [0.717, 1.165) is 10.8 Å². The number of alkyl halides is 1. The summed E-state index contributed by atoms with van der Waals surface area (Å²) in [4.78, 5) is 10.8.